The zero-order valence-electron chi connectivity index (χ0n) is 19.9. The van der Waals surface area contributed by atoms with Gasteiger partial charge in [0.05, 0.1) is 31.2 Å². The number of nitrogens with one attached hydrogen (secondary N) is 1. The van der Waals surface area contributed by atoms with Crippen LogP contribution < -0.4 is 15.0 Å². The fourth-order valence-electron chi connectivity index (χ4n) is 4.34. The summed E-state index contributed by atoms with van der Waals surface area (Å²) >= 11 is 5.86. The first kappa shape index (κ1) is 25.7. The van der Waals surface area contributed by atoms with Crippen LogP contribution >= 0.6 is 11.6 Å². The highest BCUT2D eigenvalue weighted by molar-refractivity contribution is 6.30. The van der Waals surface area contributed by atoms with Gasteiger partial charge in [0.15, 0.2) is 6.61 Å². The number of halogens is 1. The fourth-order valence-corrected chi connectivity index (χ4v) is 4.47. The minimum absolute atomic E-state index is 0.0945. The number of nitrogens with zero attached hydrogens (tertiary/aromatic N) is 4. The van der Waals surface area contributed by atoms with Gasteiger partial charge in [0, 0.05) is 50.8 Å². The maximum atomic E-state index is 12.2. The second-order valence-corrected chi connectivity index (χ2v) is 9.34. The molecule has 1 amide bonds. The van der Waals surface area contributed by atoms with Crippen molar-refractivity contribution in [2.75, 3.05) is 82.4 Å². The zero-order chi connectivity index (χ0) is 24.5. The van der Waals surface area contributed by atoms with Gasteiger partial charge >= 0.3 is 0 Å². The van der Waals surface area contributed by atoms with Crippen molar-refractivity contribution in [1.82, 2.24) is 14.8 Å². The monoisotopic (exact) mass is 503 g/mol. The van der Waals surface area contributed by atoms with Gasteiger partial charge in [-0.15, -0.1) is 0 Å². The van der Waals surface area contributed by atoms with Crippen LogP contribution in [0.1, 0.15) is 6.42 Å². The number of rotatable bonds is 9. The number of ether oxygens (including phenoxy) is 2. The van der Waals surface area contributed by atoms with Crippen LogP contribution in [-0.2, 0) is 9.53 Å². The second kappa shape index (κ2) is 13.0. The Morgan fingerprint density at radius 3 is 2.49 bits per heavy atom. The average molecular weight is 504 g/mol. The van der Waals surface area contributed by atoms with E-state index in [1.165, 1.54) is 0 Å². The molecule has 0 aliphatic carbocycles. The van der Waals surface area contributed by atoms with Gasteiger partial charge in [-0.3, -0.25) is 14.6 Å². The standard InChI is InChI=1S/C25H34ClN5O4/c26-20-2-5-23(6-3-20)35-19-25(33)28-21-4-7-24(27-16-21)31-9-1-8-29(10-11-31)17-22(32)18-30-12-14-34-15-13-30/h2-7,16,22,32H,1,8-15,17-19H2,(H,28,33)/t22-/m1/s1. The normalized spacial score (nSPS) is 18.6. The zero-order valence-corrected chi connectivity index (χ0v) is 20.7. The van der Waals surface area contributed by atoms with Crippen LogP contribution in [0.3, 0.4) is 0 Å². The molecule has 4 rings (SSSR count). The molecule has 0 unspecified atom stereocenters. The van der Waals surface area contributed by atoms with E-state index in [4.69, 9.17) is 21.1 Å². The molecule has 0 spiro atoms. The molecule has 3 heterocycles. The Balaban J connectivity index is 1.20. The van der Waals surface area contributed by atoms with Crippen LogP contribution in [0.4, 0.5) is 11.5 Å². The molecule has 35 heavy (non-hydrogen) atoms. The Kier molecular flexibility index (Phi) is 9.56. The molecule has 0 radical (unpaired) electrons. The Hall–Kier alpha value is -2.43. The Morgan fingerprint density at radius 2 is 1.77 bits per heavy atom. The van der Waals surface area contributed by atoms with Crippen molar-refractivity contribution in [2.45, 2.75) is 12.5 Å². The predicted octanol–water partition coefficient (Wildman–Crippen LogP) is 1.96. The Labute approximate surface area is 211 Å². The van der Waals surface area contributed by atoms with E-state index in [1.807, 2.05) is 12.1 Å². The van der Waals surface area contributed by atoms with E-state index in [9.17, 15) is 9.90 Å². The number of benzene rings is 1. The highest BCUT2D eigenvalue weighted by atomic mass is 35.5. The number of aromatic nitrogens is 1. The van der Waals surface area contributed by atoms with Gasteiger partial charge in [-0.05, 0) is 49.4 Å². The van der Waals surface area contributed by atoms with Gasteiger partial charge in [0.2, 0.25) is 0 Å². The van der Waals surface area contributed by atoms with Crippen LogP contribution in [0.25, 0.3) is 0 Å². The molecule has 2 aliphatic rings. The number of carbonyl (C=O) groups excluding carboxylic acids is 1. The van der Waals surface area contributed by atoms with Crippen molar-refractivity contribution in [3.05, 3.63) is 47.6 Å². The number of pyridine rings is 1. The third-order valence-corrected chi connectivity index (χ3v) is 6.42. The summed E-state index contributed by atoms with van der Waals surface area (Å²) in [7, 11) is 0. The smallest absolute Gasteiger partial charge is 0.262 e. The minimum Gasteiger partial charge on any atom is -0.484 e. The van der Waals surface area contributed by atoms with Crippen molar-refractivity contribution < 1.29 is 19.4 Å². The van der Waals surface area contributed by atoms with Crippen LogP contribution in [-0.4, -0.2) is 104 Å². The number of aliphatic hydroxyl groups is 1. The third kappa shape index (κ3) is 8.33. The summed E-state index contributed by atoms with van der Waals surface area (Å²) in [5.41, 5.74) is 0.626. The molecule has 1 aromatic carbocycles. The Bertz CT molecular complexity index is 924. The van der Waals surface area contributed by atoms with Crippen LogP contribution in [0.2, 0.25) is 5.02 Å². The first-order valence-corrected chi connectivity index (χ1v) is 12.5. The molecule has 2 aliphatic heterocycles. The number of hydrogen-bond acceptors (Lipinski definition) is 8. The number of hydrogen-bond donors (Lipinski definition) is 2. The molecule has 2 N–H and O–H groups in total. The van der Waals surface area contributed by atoms with E-state index in [0.717, 1.165) is 64.7 Å². The molecule has 190 valence electrons. The summed E-state index contributed by atoms with van der Waals surface area (Å²) in [6.07, 6.45) is 2.32. The fraction of sp³-hybridized carbons (Fsp3) is 0.520. The van der Waals surface area contributed by atoms with Gasteiger partial charge in [0.1, 0.15) is 11.6 Å². The summed E-state index contributed by atoms with van der Waals surface area (Å²) in [6.45, 7) is 8.15. The first-order valence-electron chi connectivity index (χ1n) is 12.1. The van der Waals surface area contributed by atoms with Crippen molar-refractivity contribution in [3.8, 4) is 5.75 Å². The molecule has 10 heteroatoms. The summed E-state index contributed by atoms with van der Waals surface area (Å²) in [6, 6.07) is 10.7. The van der Waals surface area contributed by atoms with Crippen molar-refractivity contribution in [3.63, 3.8) is 0 Å². The number of β-amino-alcohol motifs (C(OH)–C–C–N with tert-alkyl or cyclic N) is 1. The van der Waals surface area contributed by atoms with Gasteiger partial charge in [-0.25, -0.2) is 4.98 Å². The van der Waals surface area contributed by atoms with E-state index in [-0.39, 0.29) is 18.6 Å². The average Bonchev–Trinajstić information content (AvgIpc) is 3.10. The SMILES string of the molecule is O=C(COc1ccc(Cl)cc1)Nc1ccc(N2CCCN(C[C@@H](O)CN3CCOCC3)CC2)nc1. The topological polar surface area (TPSA) is 90.4 Å². The molecular formula is C25H34ClN5O4. The van der Waals surface area contributed by atoms with E-state index >= 15 is 0 Å². The highest BCUT2D eigenvalue weighted by Crippen LogP contribution is 2.18. The number of amides is 1. The predicted molar refractivity (Wildman–Crippen MR) is 136 cm³/mol. The van der Waals surface area contributed by atoms with Crippen LogP contribution in [0.5, 0.6) is 5.75 Å². The van der Waals surface area contributed by atoms with Gasteiger partial charge in [-0.2, -0.15) is 0 Å². The number of aliphatic hydroxyl groups excluding tert-OH is 1. The highest BCUT2D eigenvalue weighted by Gasteiger charge is 2.21. The first-order chi connectivity index (χ1) is 17.0. The molecule has 0 bridgehead atoms. The number of morpholine rings is 1. The molecular weight excluding hydrogens is 470 g/mol. The van der Waals surface area contributed by atoms with E-state index < -0.39 is 0 Å². The molecule has 2 saturated heterocycles. The maximum absolute atomic E-state index is 12.2. The van der Waals surface area contributed by atoms with E-state index in [2.05, 4.69) is 25.0 Å². The van der Waals surface area contributed by atoms with Crippen molar-refractivity contribution in [2.24, 2.45) is 0 Å². The molecule has 1 atom stereocenters. The Morgan fingerprint density at radius 1 is 1.03 bits per heavy atom. The lowest BCUT2D eigenvalue weighted by Crippen LogP contribution is -2.45. The maximum Gasteiger partial charge on any atom is 0.262 e. The lowest BCUT2D eigenvalue weighted by atomic mass is 10.2. The molecule has 0 saturated carbocycles. The second-order valence-electron chi connectivity index (χ2n) is 8.90. The van der Waals surface area contributed by atoms with Crippen molar-refractivity contribution in [1.29, 1.82) is 0 Å². The molecule has 9 nitrogen and oxygen atoms in total. The molecule has 1 aromatic heterocycles. The molecule has 2 fully saturated rings. The summed E-state index contributed by atoms with van der Waals surface area (Å²) in [5, 5.41) is 14.0. The number of carbonyl (C=O) groups is 1. The lowest BCUT2D eigenvalue weighted by molar-refractivity contribution is -0.118. The largest absolute Gasteiger partial charge is 0.484 e. The van der Waals surface area contributed by atoms with Crippen LogP contribution in [0, 0.1) is 0 Å². The van der Waals surface area contributed by atoms with E-state index in [1.54, 1.807) is 30.5 Å². The lowest BCUT2D eigenvalue weighted by Gasteiger charge is -2.30. The quantitative estimate of drug-likeness (QED) is 0.537. The van der Waals surface area contributed by atoms with Gasteiger partial charge in [0.25, 0.3) is 5.91 Å². The summed E-state index contributed by atoms with van der Waals surface area (Å²) in [4.78, 5) is 23.6. The van der Waals surface area contributed by atoms with Gasteiger partial charge < -0.3 is 24.8 Å². The minimum atomic E-state index is -0.357. The van der Waals surface area contributed by atoms with E-state index in [0.29, 0.717) is 29.5 Å². The summed E-state index contributed by atoms with van der Waals surface area (Å²) in [5.74, 6) is 1.22. The van der Waals surface area contributed by atoms with Crippen molar-refractivity contribution >= 4 is 29.0 Å². The van der Waals surface area contributed by atoms with Crippen LogP contribution in [0.15, 0.2) is 42.6 Å². The molecule has 2 aromatic rings. The summed E-state index contributed by atoms with van der Waals surface area (Å²) < 4.78 is 10.9. The third-order valence-electron chi connectivity index (χ3n) is 6.17. The van der Waals surface area contributed by atoms with Gasteiger partial charge in [-0.1, -0.05) is 11.6 Å². The number of anilines is 2.